The lowest BCUT2D eigenvalue weighted by Gasteiger charge is -2.33. The van der Waals surface area contributed by atoms with E-state index < -0.39 is 11.9 Å². The molecule has 13 nitrogen and oxygen atoms in total. The van der Waals surface area contributed by atoms with Crippen LogP contribution in [0.4, 0.5) is 5.82 Å². The van der Waals surface area contributed by atoms with Gasteiger partial charge in [-0.3, -0.25) is 24.5 Å². The van der Waals surface area contributed by atoms with Gasteiger partial charge in [-0.05, 0) is 84.5 Å². The van der Waals surface area contributed by atoms with Gasteiger partial charge in [-0.2, -0.15) is 5.10 Å². The Morgan fingerprint density at radius 3 is 2.45 bits per heavy atom. The third-order valence-electron chi connectivity index (χ3n) is 11.0. The van der Waals surface area contributed by atoms with Gasteiger partial charge in [0.2, 0.25) is 17.7 Å². The van der Waals surface area contributed by atoms with Crippen molar-refractivity contribution >= 4 is 52.2 Å². The Morgan fingerprint density at radius 2 is 1.66 bits per heavy atom. The van der Waals surface area contributed by atoms with Crippen molar-refractivity contribution in [2.24, 2.45) is 0 Å². The largest absolute Gasteiger partial charge is 0.457 e. The number of fused-ring (bicyclic) bond motifs is 2. The van der Waals surface area contributed by atoms with E-state index in [9.17, 15) is 19.2 Å². The van der Waals surface area contributed by atoms with Gasteiger partial charge in [-0.15, -0.1) is 11.8 Å². The van der Waals surface area contributed by atoms with Crippen LogP contribution in [0.25, 0.3) is 22.3 Å². The first kappa shape index (κ1) is 37.1. The van der Waals surface area contributed by atoms with Crippen LogP contribution < -0.4 is 15.8 Å². The number of piperidine rings is 2. The van der Waals surface area contributed by atoms with E-state index in [2.05, 4.69) is 15.3 Å². The average Bonchev–Trinajstić information content (AvgIpc) is 3.80. The predicted octanol–water partition coefficient (Wildman–Crippen LogP) is 6.33. The Balaban J connectivity index is 0.840. The van der Waals surface area contributed by atoms with Gasteiger partial charge in [-0.1, -0.05) is 48.5 Å². The molecule has 0 spiro atoms. The summed E-state index contributed by atoms with van der Waals surface area (Å²) in [5, 5.41) is 8.09. The number of rotatable bonds is 10. The Kier molecular flexibility index (Phi) is 10.1. The second-order valence-corrected chi connectivity index (χ2v) is 15.8. The van der Waals surface area contributed by atoms with Gasteiger partial charge in [0.15, 0.2) is 5.65 Å². The second kappa shape index (κ2) is 15.8. The molecule has 58 heavy (non-hydrogen) atoms. The average molecular weight is 793 g/mol. The molecule has 2 aromatic heterocycles. The zero-order chi connectivity index (χ0) is 39.8. The highest BCUT2D eigenvalue weighted by atomic mass is 32.2. The molecule has 2 unspecified atom stereocenters. The van der Waals surface area contributed by atoms with Crippen molar-refractivity contribution in [1.82, 2.24) is 34.9 Å². The summed E-state index contributed by atoms with van der Waals surface area (Å²) in [5.41, 5.74) is 12.1. The van der Waals surface area contributed by atoms with Gasteiger partial charge in [0.05, 0.1) is 17.8 Å². The lowest BCUT2D eigenvalue weighted by Crippen LogP contribution is -2.52. The molecule has 0 bridgehead atoms. The molecule has 0 aliphatic carbocycles. The fourth-order valence-corrected chi connectivity index (χ4v) is 9.07. The minimum Gasteiger partial charge on any atom is -0.457 e. The SMILES string of the molecule is Nc1ncnc2c1c(-c1ccc(Oc3ccccc3)cc1)nn2C1CCCN(C(=O)Cc2ccc(CSc3cccc4c3CN(C3CCC(=O)NC3=O)C4=O)cc2)C1. The monoisotopic (exact) mass is 792 g/mol. The van der Waals surface area contributed by atoms with Crippen molar-refractivity contribution in [2.45, 2.75) is 61.4 Å². The van der Waals surface area contributed by atoms with Gasteiger partial charge in [-0.25, -0.2) is 14.6 Å². The molecule has 4 aromatic carbocycles. The molecule has 9 rings (SSSR count). The Morgan fingerprint density at radius 1 is 0.879 bits per heavy atom. The predicted molar refractivity (Wildman–Crippen MR) is 219 cm³/mol. The number of hydrogen-bond donors (Lipinski definition) is 2. The summed E-state index contributed by atoms with van der Waals surface area (Å²) in [7, 11) is 0. The molecular weight excluding hydrogens is 753 g/mol. The molecule has 3 aliphatic rings. The first-order valence-corrected chi connectivity index (χ1v) is 20.3. The van der Waals surface area contributed by atoms with Crippen LogP contribution in [0.1, 0.15) is 58.8 Å². The third kappa shape index (κ3) is 7.38. The number of imide groups is 1. The number of thioether (sulfide) groups is 1. The van der Waals surface area contributed by atoms with Gasteiger partial charge >= 0.3 is 0 Å². The molecule has 2 atom stereocenters. The first-order chi connectivity index (χ1) is 28.3. The van der Waals surface area contributed by atoms with E-state index in [0.717, 1.165) is 45.7 Å². The summed E-state index contributed by atoms with van der Waals surface area (Å²) in [6.07, 6.45) is 3.95. The number of hydrogen-bond acceptors (Lipinski definition) is 10. The summed E-state index contributed by atoms with van der Waals surface area (Å²) >= 11 is 1.63. The van der Waals surface area contributed by atoms with Crippen molar-refractivity contribution in [3.05, 3.63) is 126 Å². The lowest BCUT2D eigenvalue weighted by molar-refractivity contribution is -0.137. The number of amides is 4. The van der Waals surface area contributed by atoms with Crippen molar-refractivity contribution < 1.29 is 23.9 Å². The molecule has 0 saturated carbocycles. The van der Waals surface area contributed by atoms with Crippen molar-refractivity contribution in [2.75, 3.05) is 18.8 Å². The van der Waals surface area contributed by atoms with Gasteiger partial charge in [0, 0.05) is 47.8 Å². The van der Waals surface area contributed by atoms with E-state index in [0.29, 0.717) is 65.7 Å². The quantitative estimate of drug-likeness (QED) is 0.118. The van der Waals surface area contributed by atoms with Crippen molar-refractivity contribution in [1.29, 1.82) is 0 Å². The molecule has 14 heteroatoms. The second-order valence-electron chi connectivity index (χ2n) is 14.8. The molecule has 2 fully saturated rings. The minimum absolute atomic E-state index is 0.0525. The first-order valence-electron chi connectivity index (χ1n) is 19.4. The van der Waals surface area contributed by atoms with Crippen LogP contribution in [-0.2, 0) is 33.1 Å². The van der Waals surface area contributed by atoms with Crippen LogP contribution in [0.5, 0.6) is 11.5 Å². The third-order valence-corrected chi connectivity index (χ3v) is 12.2. The molecule has 3 N–H and O–H groups in total. The summed E-state index contributed by atoms with van der Waals surface area (Å²) in [6, 6.07) is 30.3. The number of likely N-dealkylation sites (tertiary alicyclic amines) is 1. The van der Waals surface area contributed by atoms with Crippen molar-refractivity contribution in [3.8, 4) is 22.8 Å². The Bertz CT molecular complexity index is 2540. The van der Waals surface area contributed by atoms with E-state index in [-0.39, 0.29) is 36.6 Å². The number of benzene rings is 4. The molecule has 3 aliphatic heterocycles. The summed E-state index contributed by atoms with van der Waals surface area (Å²) in [4.78, 5) is 64.5. The number of nitrogens with two attached hydrogens (primary N) is 1. The normalized spacial score (nSPS) is 18.0. The number of para-hydroxylation sites is 1. The van der Waals surface area contributed by atoms with E-state index in [1.54, 1.807) is 22.7 Å². The van der Waals surface area contributed by atoms with Gasteiger partial charge in [0.1, 0.15) is 35.4 Å². The smallest absolute Gasteiger partial charge is 0.255 e. The zero-order valence-corrected chi connectivity index (χ0v) is 32.4. The lowest BCUT2D eigenvalue weighted by atomic mass is 10.0. The molecule has 5 heterocycles. The molecule has 6 aromatic rings. The van der Waals surface area contributed by atoms with Gasteiger partial charge in [0.25, 0.3) is 5.91 Å². The summed E-state index contributed by atoms with van der Waals surface area (Å²) < 4.78 is 7.90. The molecular formula is C44H40N8O5S. The Hall–Kier alpha value is -6.54. The summed E-state index contributed by atoms with van der Waals surface area (Å²) in [6.45, 7) is 1.50. The minimum atomic E-state index is -0.649. The highest BCUT2D eigenvalue weighted by Crippen LogP contribution is 2.37. The van der Waals surface area contributed by atoms with Gasteiger partial charge < -0.3 is 20.3 Å². The number of nitrogens with one attached hydrogen (secondary N) is 1. The maximum absolute atomic E-state index is 13.7. The number of aromatic nitrogens is 4. The standard InChI is InChI=1S/C44H40N8O5S/c45-41-39-40(29-15-17-32(18-16-29)57-31-7-2-1-3-8-31)49-52(42(39)47-26-46-41)30-6-5-21-50(23-30)38(54)22-27-11-13-28(14-12-27)25-58-36-10-4-9-33-34(36)24-51(44(33)56)35-19-20-37(53)48-43(35)55/h1-4,7-18,26,30,35H,5-6,19-25H2,(H2,45,46,47)(H,48,53,55). The molecule has 0 radical (unpaired) electrons. The molecule has 4 amide bonds. The Labute approximate surface area is 338 Å². The zero-order valence-electron chi connectivity index (χ0n) is 31.5. The van der Waals surface area contributed by atoms with Crippen LogP contribution in [0.2, 0.25) is 0 Å². The number of nitrogens with zero attached hydrogens (tertiary/aromatic N) is 6. The fraction of sp³-hybridized carbons (Fsp3) is 0.250. The molecule has 2 saturated heterocycles. The number of ether oxygens (including phenoxy) is 1. The molecule has 292 valence electrons. The summed E-state index contributed by atoms with van der Waals surface area (Å²) in [5.74, 6) is 1.62. The van der Waals surface area contributed by atoms with Crippen LogP contribution in [0, 0.1) is 0 Å². The highest BCUT2D eigenvalue weighted by molar-refractivity contribution is 7.98. The number of carbonyl (C=O) groups excluding carboxylic acids is 4. The fourth-order valence-electron chi connectivity index (χ4n) is 8.03. The van der Waals surface area contributed by atoms with Crippen LogP contribution in [0.15, 0.2) is 108 Å². The van der Waals surface area contributed by atoms with E-state index in [4.69, 9.17) is 15.6 Å². The number of carbonyl (C=O) groups is 4. The maximum Gasteiger partial charge on any atom is 0.255 e. The highest BCUT2D eigenvalue weighted by Gasteiger charge is 2.40. The van der Waals surface area contributed by atoms with Crippen LogP contribution in [0.3, 0.4) is 0 Å². The van der Waals surface area contributed by atoms with Crippen LogP contribution >= 0.6 is 11.8 Å². The topological polar surface area (TPSA) is 166 Å². The maximum atomic E-state index is 13.7. The number of anilines is 1. The number of nitrogen functional groups attached to an aromatic ring is 1. The van der Waals surface area contributed by atoms with E-state index in [1.165, 1.54) is 6.33 Å². The van der Waals surface area contributed by atoms with E-state index >= 15 is 0 Å². The van der Waals surface area contributed by atoms with Crippen molar-refractivity contribution in [3.63, 3.8) is 0 Å². The van der Waals surface area contributed by atoms with Crippen LogP contribution in [-0.4, -0.2) is 72.3 Å². The van der Waals surface area contributed by atoms with E-state index in [1.807, 2.05) is 101 Å².